The van der Waals surface area contributed by atoms with Gasteiger partial charge in [-0.15, -0.1) is 0 Å². The van der Waals surface area contributed by atoms with Crippen LogP contribution in [0.5, 0.6) is 5.75 Å². The number of aryl methyl sites for hydroxylation is 1. The Balaban J connectivity index is 1.63. The number of halogens is 2. The van der Waals surface area contributed by atoms with Gasteiger partial charge in [-0.2, -0.15) is 0 Å². The Morgan fingerprint density at radius 2 is 1.89 bits per heavy atom. The van der Waals surface area contributed by atoms with Crippen LogP contribution >= 0.6 is 0 Å². The van der Waals surface area contributed by atoms with Crippen LogP contribution in [0.4, 0.5) is 14.5 Å². The second-order valence-electron chi connectivity index (χ2n) is 5.69. The number of aromatic nitrogens is 1. The number of carbonyl (C=O) groups excluding carboxylic acids is 1. The quantitative estimate of drug-likeness (QED) is 0.659. The SMILES string of the molecule is CCOc1ccccc1NC(=O)CCc1ncc(-c2c(F)cccc2F)o1. The molecular formula is C20H18F2N2O3. The van der Waals surface area contributed by atoms with E-state index in [9.17, 15) is 13.6 Å². The molecule has 1 aromatic heterocycles. The maximum atomic E-state index is 13.8. The number of ether oxygens (including phenoxy) is 1. The van der Waals surface area contributed by atoms with Gasteiger partial charge in [-0.1, -0.05) is 18.2 Å². The van der Waals surface area contributed by atoms with E-state index < -0.39 is 11.6 Å². The summed E-state index contributed by atoms with van der Waals surface area (Å²) < 4.78 is 38.5. The van der Waals surface area contributed by atoms with Crippen molar-refractivity contribution in [1.29, 1.82) is 0 Å². The summed E-state index contributed by atoms with van der Waals surface area (Å²) in [5.41, 5.74) is 0.303. The van der Waals surface area contributed by atoms with Crippen LogP contribution < -0.4 is 10.1 Å². The van der Waals surface area contributed by atoms with Gasteiger partial charge in [0.25, 0.3) is 0 Å². The van der Waals surface area contributed by atoms with E-state index in [4.69, 9.17) is 9.15 Å². The van der Waals surface area contributed by atoms with E-state index in [1.165, 1.54) is 12.3 Å². The number of rotatable bonds is 7. The van der Waals surface area contributed by atoms with E-state index in [2.05, 4.69) is 10.3 Å². The minimum atomic E-state index is -0.733. The molecule has 1 amide bonds. The lowest BCUT2D eigenvalue weighted by molar-refractivity contribution is -0.116. The van der Waals surface area contributed by atoms with Crippen molar-refractivity contribution in [2.75, 3.05) is 11.9 Å². The second kappa shape index (κ2) is 8.44. The Labute approximate surface area is 155 Å². The van der Waals surface area contributed by atoms with Crippen molar-refractivity contribution < 1.29 is 22.7 Å². The average molecular weight is 372 g/mol. The molecule has 27 heavy (non-hydrogen) atoms. The summed E-state index contributed by atoms with van der Waals surface area (Å²) in [5, 5.41) is 2.77. The van der Waals surface area contributed by atoms with Gasteiger partial charge < -0.3 is 14.5 Å². The highest BCUT2D eigenvalue weighted by Gasteiger charge is 2.16. The highest BCUT2D eigenvalue weighted by atomic mass is 19.1. The molecule has 7 heteroatoms. The largest absolute Gasteiger partial charge is 0.492 e. The number of carbonyl (C=O) groups is 1. The molecule has 0 spiro atoms. The normalized spacial score (nSPS) is 10.6. The van der Waals surface area contributed by atoms with Crippen LogP contribution in [-0.2, 0) is 11.2 Å². The third-order valence-corrected chi connectivity index (χ3v) is 3.79. The van der Waals surface area contributed by atoms with Crippen LogP contribution in [-0.4, -0.2) is 17.5 Å². The molecule has 0 aliphatic rings. The zero-order valence-electron chi connectivity index (χ0n) is 14.7. The fourth-order valence-corrected chi connectivity index (χ4v) is 2.56. The number of para-hydroxylation sites is 2. The lowest BCUT2D eigenvalue weighted by atomic mass is 10.1. The van der Waals surface area contributed by atoms with Crippen molar-refractivity contribution in [1.82, 2.24) is 4.98 Å². The molecular weight excluding hydrogens is 354 g/mol. The molecule has 0 radical (unpaired) electrons. The van der Waals surface area contributed by atoms with Crippen molar-refractivity contribution >= 4 is 11.6 Å². The number of hydrogen-bond donors (Lipinski definition) is 1. The summed E-state index contributed by atoms with van der Waals surface area (Å²) in [6.07, 6.45) is 1.54. The first-order chi connectivity index (χ1) is 13.1. The topological polar surface area (TPSA) is 64.4 Å². The molecule has 3 aromatic rings. The first-order valence-corrected chi connectivity index (χ1v) is 8.49. The fourth-order valence-electron chi connectivity index (χ4n) is 2.56. The zero-order chi connectivity index (χ0) is 19.2. The Morgan fingerprint density at radius 1 is 1.15 bits per heavy atom. The number of benzene rings is 2. The number of nitrogens with one attached hydrogen (secondary N) is 1. The number of oxazole rings is 1. The molecule has 0 saturated carbocycles. The van der Waals surface area contributed by atoms with E-state index in [1.54, 1.807) is 18.2 Å². The molecule has 0 bridgehead atoms. The summed E-state index contributed by atoms with van der Waals surface area (Å²) in [4.78, 5) is 16.2. The highest BCUT2D eigenvalue weighted by Crippen LogP contribution is 2.27. The van der Waals surface area contributed by atoms with Gasteiger partial charge in [0.1, 0.15) is 17.4 Å². The van der Waals surface area contributed by atoms with E-state index in [0.717, 1.165) is 12.1 Å². The summed E-state index contributed by atoms with van der Waals surface area (Å²) in [7, 11) is 0. The fraction of sp³-hybridized carbons (Fsp3) is 0.200. The molecule has 0 aliphatic heterocycles. The summed E-state index contributed by atoms with van der Waals surface area (Å²) in [6, 6.07) is 10.7. The molecule has 5 nitrogen and oxygen atoms in total. The average Bonchev–Trinajstić information content (AvgIpc) is 3.10. The van der Waals surface area contributed by atoms with Gasteiger partial charge in [-0.25, -0.2) is 13.8 Å². The number of nitrogens with zero attached hydrogens (tertiary/aromatic N) is 1. The van der Waals surface area contributed by atoms with Gasteiger partial charge in [0, 0.05) is 12.8 Å². The molecule has 0 aliphatic carbocycles. The van der Waals surface area contributed by atoms with E-state index in [1.807, 2.05) is 13.0 Å². The van der Waals surface area contributed by atoms with E-state index in [-0.39, 0.29) is 36.0 Å². The molecule has 1 N–H and O–H groups in total. The van der Waals surface area contributed by atoms with Crippen molar-refractivity contribution in [3.63, 3.8) is 0 Å². The van der Waals surface area contributed by atoms with Crippen LogP contribution in [0, 0.1) is 11.6 Å². The third-order valence-electron chi connectivity index (χ3n) is 3.79. The standard InChI is InChI=1S/C20H18F2N2O3/c1-2-26-16-9-4-3-8-15(16)24-18(25)10-11-19-23-12-17(27-19)20-13(21)6-5-7-14(20)22/h3-9,12H,2,10-11H2,1H3,(H,24,25). The molecule has 140 valence electrons. The van der Waals surface area contributed by atoms with Crippen LogP contribution in [0.3, 0.4) is 0 Å². The molecule has 0 atom stereocenters. The van der Waals surface area contributed by atoms with Crippen molar-refractivity contribution in [2.45, 2.75) is 19.8 Å². The summed E-state index contributed by atoms with van der Waals surface area (Å²) in [6.45, 7) is 2.34. The van der Waals surface area contributed by atoms with Gasteiger partial charge in [-0.3, -0.25) is 4.79 Å². The lowest BCUT2D eigenvalue weighted by Gasteiger charge is -2.10. The third kappa shape index (κ3) is 4.49. The maximum Gasteiger partial charge on any atom is 0.224 e. The Bertz CT molecular complexity index is 920. The minimum absolute atomic E-state index is 0.0114. The monoisotopic (exact) mass is 372 g/mol. The van der Waals surface area contributed by atoms with Crippen molar-refractivity contribution in [3.05, 3.63) is 66.2 Å². The van der Waals surface area contributed by atoms with Gasteiger partial charge in [0.05, 0.1) is 24.1 Å². The second-order valence-corrected chi connectivity index (χ2v) is 5.69. The molecule has 0 saturated heterocycles. The smallest absolute Gasteiger partial charge is 0.224 e. The molecule has 1 heterocycles. The number of anilines is 1. The molecule has 0 fully saturated rings. The highest BCUT2D eigenvalue weighted by molar-refractivity contribution is 5.92. The van der Waals surface area contributed by atoms with Crippen LogP contribution in [0.15, 0.2) is 53.1 Å². The Morgan fingerprint density at radius 3 is 2.63 bits per heavy atom. The van der Waals surface area contributed by atoms with Gasteiger partial charge >= 0.3 is 0 Å². The lowest BCUT2D eigenvalue weighted by Crippen LogP contribution is -2.13. The van der Waals surface area contributed by atoms with Crippen LogP contribution in [0.25, 0.3) is 11.3 Å². The van der Waals surface area contributed by atoms with E-state index in [0.29, 0.717) is 18.0 Å². The maximum absolute atomic E-state index is 13.8. The summed E-state index contributed by atoms with van der Waals surface area (Å²) in [5.74, 6) is -0.921. The predicted octanol–water partition coefficient (Wildman–Crippen LogP) is 4.59. The Kier molecular flexibility index (Phi) is 5.80. The molecule has 0 unspecified atom stereocenters. The van der Waals surface area contributed by atoms with Gasteiger partial charge in [0.2, 0.25) is 5.91 Å². The van der Waals surface area contributed by atoms with Gasteiger partial charge in [0.15, 0.2) is 11.7 Å². The minimum Gasteiger partial charge on any atom is -0.492 e. The van der Waals surface area contributed by atoms with Gasteiger partial charge in [-0.05, 0) is 31.2 Å². The molecule has 3 rings (SSSR count). The first-order valence-electron chi connectivity index (χ1n) is 8.49. The predicted molar refractivity (Wildman–Crippen MR) is 96.4 cm³/mol. The van der Waals surface area contributed by atoms with E-state index >= 15 is 0 Å². The number of amides is 1. The summed E-state index contributed by atoms with van der Waals surface area (Å²) >= 11 is 0. The number of hydrogen-bond acceptors (Lipinski definition) is 4. The molecule has 2 aromatic carbocycles. The van der Waals surface area contributed by atoms with Crippen LogP contribution in [0.1, 0.15) is 19.2 Å². The first kappa shape index (κ1) is 18.6. The van der Waals surface area contributed by atoms with Crippen molar-refractivity contribution in [3.8, 4) is 17.1 Å². The Hall–Kier alpha value is -3.22. The van der Waals surface area contributed by atoms with Crippen LogP contribution in [0.2, 0.25) is 0 Å². The van der Waals surface area contributed by atoms with Crippen molar-refractivity contribution in [2.24, 2.45) is 0 Å². The zero-order valence-corrected chi connectivity index (χ0v) is 14.7.